The molecule has 8 heteroatoms. The number of fused-ring (bicyclic) bond motifs is 1. The van der Waals surface area contributed by atoms with Crippen molar-refractivity contribution in [2.45, 2.75) is 20.4 Å². The van der Waals surface area contributed by atoms with E-state index in [2.05, 4.69) is 15.4 Å². The Bertz CT molecular complexity index is 1190. The second-order valence-electron chi connectivity index (χ2n) is 6.11. The molecule has 0 aliphatic carbocycles. The molecule has 0 saturated heterocycles. The van der Waals surface area contributed by atoms with Crippen LogP contribution in [0.3, 0.4) is 0 Å². The normalized spacial score (nSPS) is 11.0. The molecule has 1 N–H and O–H groups in total. The van der Waals surface area contributed by atoms with Gasteiger partial charge in [0.15, 0.2) is 4.96 Å². The first kappa shape index (κ1) is 17.2. The molecule has 0 radical (unpaired) electrons. The topological polar surface area (TPSA) is 81.3 Å². The summed E-state index contributed by atoms with van der Waals surface area (Å²) in [4.78, 5) is 29.7. The summed E-state index contributed by atoms with van der Waals surface area (Å²) >= 11 is 1.35. The first-order valence-corrected chi connectivity index (χ1v) is 9.28. The van der Waals surface area contributed by atoms with E-state index in [1.807, 2.05) is 48.9 Å². The average Bonchev–Trinajstić information content (AvgIpc) is 3.26. The molecule has 0 unspecified atom stereocenters. The van der Waals surface area contributed by atoms with Gasteiger partial charge in [-0.2, -0.15) is 5.10 Å². The van der Waals surface area contributed by atoms with Crippen molar-refractivity contribution >= 4 is 22.2 Å². The maximum atomic E-state index is 12.5. The molecule has 1 amide bonds. The lowest BCUT2D eigenvalue weighted by Crippen LogP contribution is -2.31. The summed E-state index contributed by atoms with van der Waals surface area (Å²) < 4.78 is 3.23. The van der Waals surface area contributed by atoms with Gasteiger partial charge < -0.3 is 5.32 Å². The zero-order valence-electron chi connectivity index (χ0n) is 14.8. The fourth-order valence-electron chi connectivity index (χ4n) is 3.00. The molecule has 27 heavy (non-hydrogen) atoms. The highest BCUT2D eigenvalue weighted by molar-refractivity contribution is 7.15. The minimum Gasteiger partial charge on any atom is -0.348 e. The van der Waals surface area contributed by atoms with Crippen molar-refractivity contribution in [3.05, 3.63) is 81.0 Å². The second-order valence-corrected chi connectivity index (χ2v) is 6.99. The first-order chi connectivity index (χ1) is 13.1. The quantitative estimate of drug-likeness (QED) is 0.591. The van der Waals surface area contributed by atoms with E-state index in [0.717, 1.165) is 22.6 Å². The summed E-state index contributed by atoms with van der Waals surface area (Å²) in [5.41, 5.74) is 3.32. The molecule has 4 aromatic rings. The van der Waals surface area contributed by atoms with E-state index in [0.29, 0.717) is 4.96 Å². The zero-order chi connectivity index (χ0) is 19.0. The van der Waals surface area contributed by atoms with Crippen LogP contribution in [-0.4, -0.2) is 25.1 Å². The predicted molar refractivity (Wildman–Crippen MR) is 104 cm³/mol. The van der Waals surface area contributed by atoms with Gasteiger partial charge in [-0.25, -0.2) is 9.67 Å². The standard InChI is InChI=1S/C19H17N5O2S/c1-12-15(13(2)24(22-12)14-6-4-3-5-7-14)10-20-17(25)16-11-21-19-23(18(16)26)8-9-27-19/h3-9,11H,10H2,1-2H3,(H,20,25). The van der Waals surface area contributed by atoms with Crippen LogP contribution in [0.2, 0.25) is 0 Å². The van der Waals surface area contributed by atoms with Gasteiger partial charge in [-0.05, 0) is 26.0 Å². The highest BCUT2D eigenvalue weighted by atomic mass is 32.1. The molecule has 1 aromatic carbocycles. The molecule has 0 bridgehead atoms. The maximum Gasteiger partial charge on any atom is 0.271 e. The van der Waals surface area contributed by atoms with Crippen molar-refractivity contribution in [2.75, 3.05) is 0 Å². The van der Waals surface area contributed by atoms with Gasteiger partial charge in [0, 0.05) is 35.6 Å². The molecule has 0 aliphatic heterocycles. The molecule has 3 aromatic heterocycles. The van der Waals surface area contributed by atoms with E-state index in [9.17, 15) is 9.59 Å². The Morgan fingerprint density at radius 3 is 2.78 bits per heavy atom. The Morgan fingerprint density at radius 1 is 1.22 bits per heavy atom. The van der Waals surface area contributed by atoms with Crippen molar-refractivity contribution in [3.63, 3.8) is 0 Å². The number of para-hydroxylation sites is 1. The predicted octanol–water partition coefficient (Wildman–Crippen LogP) is 2.49. The number of benzene rings is 1. The minimum atomic E-state index is -0.445. The third-order valence-corrected chi connectivity index (χ3v) is 5.23. The van der Waals surface area contributed by atoms with Crippen LogP contribution in [-0.2, 0) is 6.54 Å². The summed E-state index contributed by atoms with van der Waals surface area (Å²) in [5, 5.41) is 9.15. The molecule has 0 spiro atoms. The molecule has 4 rings (SSSR count). The molecule has 0 atom stereocenters. The van der Waals surface area contributed by atoms with E-state index in [1.165, 1.54) is 21.9 Å². The van der Waals surface area contributed by atoms with Crippen LogP contribution in [0.5, 0.6) is 0 Å². The van der Waals surface area contributed by atoms with Crippen LogP contribution in [0.4, 0.5) is 0 Å². The van der Waals surface area contributed by atoms with Crippen LogP contribution in [0.25, 0.3) is 10.6 Å². The van der Waals surface area contributed by atoms with Gasteiger partial charge in [0.25, 0.3) is 11.5 Å². The zero-order valence-corrected chi connectivity index (χ0v) is 15.7. The van der Waals surface area contributed by atoms with Crippen LogP contribution < -0.4 is 10.9 Å². The van der Waals surface area contributed by atoms with Crippen molar-refractivity contribution in [2.24, 2.45) is 0 Å². The summed E-state index contributed by atoms with van der Waals surface area (Å²) in [6.07, 6.45) is 2.95. The Balaban J connectivity index is 1.58. The number of rotatable bonds is 4. The summed E-state index contributed by atoms with van der Waals surface area (Å²) in [5.74, 6) is -0.445. The number of amides is 1. The lowest BCUT2D eigenvalue weighted by molar-refractivity contribution is 0.0949. The molecule has 0 fully saturated rings. The van der Waals surface area contributed by atoms with Gasteiger partial charge in [0.05, 0.1) is 11.4 Å². The van der Waals surface area contributed by atoms with Crippen LogP contribution in [0.1, 0.15) is 27.3 Å². The smallest absolute Gasteiger partial charge is 0.271 e. The summed E-state index contributed by atoms with van der Waals surface area (Å²) in [6.45, 7) is 4.15. The Hall–Kier alpha value is -3.26. The van der Waals surface area contributed by atoms with Crippen molar-refractivity contribution in [1.29, 1.82) is 0 Å². The number of hydrogen-bond donors (Lipinski definition) is 1. The highest BCUT2D eigenvalue weighted by Crippen LogP contribution is 2.17. The first-order valence-electron chi connectivity index (χ1n) is 8.40. The van der Waals surface area contributed by atoms with Crippen LogP contribution >= 0.6 is 11.3 Å². The van der Waals surface area contributed by atoms with Crippen molar-refractivity contribution in [3.8, 4) is 5.69 Å². The fourth-order valence-corrected chi connectivity index (χ4v) is 3.67. The molecular weight excluding hydrogens is 362 g/mol. The van der Waals surface area contributed by atoms with E-state index in [1.54, 1.807) is 11.6 Å². The van der Waals surface area contributed by atoms with Crippen molar-refractivity contribution < 1.29 is 4.79 Å². The van der Waals surface area contributed by atoms with Gasteiger partial charge in [-0.15, -0.1) is 11.3 Å². The Morgan fingerprint density at radius 2 is 2.00 bits per heavy atom. The maximum absolute atomic E-state index is 12.5. The number of carbonyl (C=O) groups excluding carboxylic acids is 1. The number of nitrogens with one attached hydrogen (secondary N) is 1. The van der Waals surface area contributed by atoms with Gasteiger partial charge in [0.2, 0.25) is 0 Å². The van der Waals surface area contributed by atoms with E-state index in [4.69, 9.17) is 0 Å². The van der Waals surface area contributed by atoms with Crippen LogP contribution in [0, 0.1) is 13.8 Å². The number of carbonyl (C=O) groups is 1. The van der Waals surface area contributed by atoms with E-state index >= 15 is 0 Å². The summed E-state index contributed by atoms with van der Waals surface area (Å²) in [6, 6.07) is 9.81. The SMILES string of the molecule is Cc1nn(-c2ccccc2)c(C)c1CNC(=O)c1cnc2sccn2c1=O. The molecule has 0 saturated carbocycles. The minimum absolute atomic E-state index is 0.0247. The number of thiazole rings is 1. The number of hydrogen-bond acceptors (Lipinski definition) is 5. The Kier molecular flexibility index (Phi) is 4.33. The molecule has 3 heterocycles. The molecule has 7 nitrogen and oxygen atoms in total. The lowest BCUT2D eigenvalue weighted by Gasteiger charge is -2.07. The van der Waals surface area contributed by atoms with Crippen molar-refractivity contribution in [1.82, 2.24) is 24.5 Å². The number of aryl methyl sites for hydroxylation is 1. The highest BCUT2D eigenvalue weighted by Gasteiger charge is 2.17. The fraction of sp³-hybridized carbons (Fsp3) is 0.158. The van der Waals surface area contributed by atoms with Gasteiger partial charge in [-0.1, -0.05) is 18.2 Å². The van der Waals surface area contributed by atoms with E-state index < -0.39 is 5.91 Å². The number of nitrogens with zero attached hydrogens (tertiary/aromatic N) is 4. The third-order valence-electron chi connectivity index (χ3n) is 4.46. The lowest BCUT2D eigenvalue weighted by atomic mass is 10.2. The largest absolute Gasteiger partial charge is 0.348 e. The second kappa shape index (κ2) is 6.81. The average molecular weight is 379 g/mol. The number of aromatic nitrogens is 4. The third kappa shape index (κ3) is 3.04. The molecule has 136 valence electrons. The molecule has 0 aliphatic rings. The monoisotopic (exact) mass is 379 g/mol. The van der Waals surface area contributed by atoms with Gasteiger partial charge >= 0.3 is 0 Å². The molecular formula is C19H17N5O2S. The Labute approximate surface area is 158 Å². The van der Waals surface area contributed by atoms with E-state index in [-0.39, 0.29) is 17.7 Å². The van der Waals surface area contributed by atoms with Gasteiger partial charge in [-0.3, -0.25) is 14.0 Å². The van der Waals surface area contributed by atoms with Crippen LogP contribution in [0.15, 0.2) is 52.9 Å². The summed E-state index contributed by atoms with van der Waals surface area (Å²) in [7, 11) is 0. The van der Waals surface area contributed by atoms with Gasteiger partial charge in [0.1, 0.15) is 5.56 Å².